The van der Waals surface area contributed by atoms with Crippen molar-refractivity contribution in [3.63, 3.8) is 0 Å². The van der Waals surface area contributed by atoms with E-state index in [0.717, 1.165) is 22.2 Å². The first-order valence-corrected chi connectivity index (χ1v) is 15.7. The summed E-state index contributed by atoms with van der Waals surface area (Å²) < 4.78 is 13.8. The minimum absolute atomic E-state index is 0.152. The third-order valence-electron chi connectivity index (χ3n) is 8.05. The molecule has 1 aliphatic heterocycles. The van der Waals surface area contributed by atoms with Crippen LogP contribution in [-0.4, -0.2) is 68.1 Å². The zero-order chi connectivity index (χ0) is 32.0. The molecular formula is C32H34ClN7O4S. The third-order valence-corrected chi connectivity index (χ3v) is 9.06. The number of ether oxygens (including phenoxy) is 2. The number of para-hydroxylation sites is 2. The molecule has 0 bridgehead atoms. The third kappa shape index (κ3) is 5.87. The summed E-state index contributed by atoms with van der Waals surface area (Å²) in [6, 6.07) is 11.7. The topological polar surface area (TPSA) is 137 Å². The van der Waals surface area contributed by atoms with Gasteiger partial charge in [0.2, 0.25) is 17.7 Å². The molecule has 45 heavy (non-hydrogen) atoms. The fourth-order valence-corrected chi connectivity index (χ4v) is 6.62. The fourth-order valence-electron chi connectivity index (χ4n) is 5.73. The van der Waals surface area contributed by atoms with Gasteiger partial charge < -0.3 is 30.0 Å². The van der Waals surface area contributed by atoms with E-state index in [0.29, 0.717) is 32.9 Å². The van der Waals surface area contributed by atoms with Gasteiger partial charge in [-0.15, -0.1) is 11.3 Å². The van der Waals surface area contributed by atoms with E-state index in [1.165, 1.54) is 16.2 Å². The van der Waals surface area contributed by atoms with Gasteiger partial charge in [0, 0.05) is 34.6 Å². The van der Waals surface area contributed by atoms with Crippen LogP contribution in [0.5, 0.6) is 11.6 Å². The number of primary amides is 1. The van der Waals surface area contributed by atoms with E-state index in [9.17, 15) is 9.59 Å². The maximum atomic E-state index is 14.2. The molecule has 5 aromatic rings. The van der Waals surface area contributed by atoms with Crippen LogP contribution in [0.1, 0.15) is 27.2 Å². The lowest BCUT2D eigenvalue weighted by atomic mass is 9.85. The predicted octanol–water partition coefficient (Wildman–Crippen LogP) is 5.27. The van der Waals surface area contributed by atoms with Crippen molar-refractivity contribution in [2.75, 3.05) is 19.0 Å². The summed E-state index contributed by atoms with van der Waals surface area (Å²) >= 11 is 7.67. The molecule has 0 spiro atoms. The van der Waals surface area contributed by atoms with Gasteiger partial charge in [-0.1, -0.05) is 44.5 Å². The van der Waals surface area contributed by atoms with Crippen molar-refractivity contribution in [1.29, 1.82) is 0 Å². The molecule has 2 aromatic carbocycles. The van der Waals surface area contributed by atoms with Gasteiger partial charge in [0.05, 0.1) is 30.9 Å². The van der Waals surface area contributed by atoms with Crippen LogP contribution in [0.2, 0.25) is 5.02 Å². The van der Waals surface area contributed by atoms with Crippen molar-refractivity contribution in [2.45, 2.75) is 45.4 Å². The Hall–Kier alpha value is -4.42. The highest BCUT2D eigenvalue weighted by Crippen LogP contribution is 2.36. The van der Waals surface area contributed by atoms with Gasteiger partial charge in [0.1, 0.15) is 29.6 Å². The van der Waals surface area contributed by atoms with E-state index in [-0.39, 0.29) is 18.9 Å². The Morgan fingerprint density at radius 3 is 2.64 bits per heavy atom. The lowest BCUT2D eigenvalue weighted by molar-refractivity contribution is -0.139. The number of aromatic nitrogens is 4. The molecule has 2 amide bonds. The maximum Gasteiger partial charge on any atom is 0.246 e. The van der Waals surface area contributed by atoms with E-state index in [1.54, 1.807) is 25.4 Å². The molecule has 13 heteroatoms. The molecule has 1 fully saturated rings. The standard InChI is InChI=1S/C32H34ClN7O4S/c1-32(2,3)26(38-31-37-22(16-45-31)28-36-21-8-6-7-9-23(21)39(28)4)30(42)40-15-18(13-24(40)27(34)41)44-29-20-12-17(33)10-11-19(20)25(43-5)14-35-29/h6-12,14,16,18,24,26H,13,15H2,1-5H3,(H2,34,41)(H,37,38)/t18-,24+,26-/m1/s1. The second kappa shape index (κ2) is 11.8. The Morgan fingerprint density at radius 1 is 1.16 bits per heavy atom. The minimum atomic E-state index is -0.853. The number of halogens is 1. The summed E-state index contributed by atoms with van der Waals surface area (Å²) in [6.45, 7) is 6.04. The number of nitrogens with two attached hydrogens (primary N) is 1. The number of rotatable bonds is 8. The van der Waals surface area contributed by atoms with E-state index < -0.39 is 29.5 Å². The van der Waals surface area contributed by atoms with Crippen LogP contribution >= 0.6 is 22.9 Å². The molecule has 0 radical (unpaired) electrons. The number of nitrogens with one attached hydrogen (secondary N) is 1. The molecule has 234 valence electrons. The van der Waals surface area contributed by atoms with Crippen LogP contribution in [-0.2, 0) is 16.6 Å². The van der Waals surface area contributed by atoms with Gasteiger partial charge in [-0.05, 0) is 35.7 Å². The molecule has 0 unspecified atom stereocenters. The number of amides is 2. The number of methoxy groups -OCH3 is 1. The van der Waals surface area contributed by atoms with Crippen molar-refractivity contribution in [1.82, 2.24) is 24.4 Å². The van der Waals surface area contributed by atoms with Crippen LogP contribution in [0.3, 0.4) is 0 Å². The lowest BCUT2D eigenvalue weighted by Gasteiger charge is -2.34. The van der Waals surface area contributed by atoms with Crippen molar-refractivity contribution >= 4 is 61.7 Å². The summed E-state index contributed by atoms with van der Waals surface area (Å²) in [6.07, 6.45) is 1.27. The van der Waals surface area contributed by atoms with Gasteiger partial charge in [0.25, 0.3) is 0 Å². The number of nitrogens with zero attached hydrogens (tertiary/aromatic N) is 5. The number of thiazole rings is 1. The number of hydrogen-bond donors (Lipinski definition) is 2. The molecule has 0 saturated carbocycles. The van der Waals surface area contributed by atoms with E-state index in [4.69, 9.17) is 36.8 Å². The Morgan fingerprint density at radius 2 is 1.93 bits per heavy atom. The number of carbonyl (C=O) groups excluding carboxylic acids is 2. The number of hydrogen-bond acceptors (Lipinski definition) is 9. The molecule has 4 heterocycles. The number of imidazole rings is 1. The molecule has 11 nitrogen and oxygen atoms in total. The number of benzene rings is 2. The summed E-state index contributed by atoms with van der Waals surface area (Å²) in [5, 5.41) is 7.79. The second-order valence-electron chi connectivity index (χ2n) is 12.2. The Labute approximate surface area is 269 Å². The highest BCUT2D eigenvalue weighted by molar-refractivity contribution is 7.14. The van der Waals surface area contributed by atoms with Crippen molar-refractivity contribution < 1.29 is 19.1 Å². The summed E-state index contributed by atoms with van der Waals surface area (Å²) in [5.41, 5.74) is 7.87. The zero-order valence-corrected chi connectivity index (χ0v) is 27.1. The second-order valence-corrected chi connectivity index (χ2v) is 13.5. The van der Waals surface area contributed by atoms with Crippen molar-refractivity contribution in [2.24, 2.45) is 18.2 Å². The van der Waals surface area contributed by atoms with E-state index in [1.807, 2.05) is 68.1 Å². The van der Waals surface area contributed by atoms with Crippen LogP contribution in [0.4, 0.5) is 5.13 Å². The monoisotopic (exact) mass is 647 g/mol. The van der Waals surface area contributed by atoms with E-state index >= 15 is 0 Å². The number of aryl methyl sites for hydroxylation is 1. The van der Waals surface area contributed by atoms with Gasteiger partial charge in [-0.3, -0.25) is 9.59 Å². The molecule has 0 aliphatic carbocycles. The molecule has 3 atom stereocenters. The van der Waals surface area contributed by atoms with Gasteiger partial charge in [-0.2, -0.15) is 0 Å². The Kier molecular flexibility index (Phi) is 8.04. The molecule has 6 rings (SSSR count). The van der Waals surface area contributed by atoms with Crippen molar-refractivity contribution in [3.8, 4) is 23.1 Å². The smallest absolute Gasteiger partial charge is 0.246 e. The number of fused-ring (bicyclic) bond motifs is 2. The zero-order valence-electron chi connectivity index (χ0n) is 25.6. The number of carbonyl (C=O) groups is 2. The molecule has 1 aliphatic rings. The predicted molar refractivity (Wildman–Crippen MR) is 176 cm³/mol. The first-order chi connectivity index (χ1) is 21.4. The molecule has 3 aromatic heterocycles. The minimum Gasteiger partial charge on any atom is -0.494 e. The summed E-state index contributed by atoms with van der Waals surface area (Å²) in [4.78, 5) is 42.3. The summed E-state index contributed by atoms with van der Waals surface area (Å²) in [7, 11) is 3.52. The maximum absolute atomic E-state index is 14.2. The highest BCUT2D eigenvalue weighted by Gasteiger charge is 2.45. The number of anilines is 1. The molecular weight excluding hydrogens is 614 g/mol. The quantitative estimate of drug-likeness (QED) is 0.232. The number of pyridine rings is 1. The normalized spacial score (nSPS) is 17.5. The Balaban J connectivity index is 1.25. The van der Waals surface area contributed by atoms with Gasteiger partial charge in [0.15, 0.2) is 11.0 Å². The average molecular weight is 648 g/mol. The molecule has 1 saturated heterocycles. The van der Waals surface area contributed by atoms with Crippen LogP contribution in [0.15, 0.2) is 54.0 Å². The highest BCUT2D eigenvalue weighted by atomic mass is 35.5. The van der Waals surface area contributed by atoms with Gasteiger partial charge >= 0.3 is 0 Å². The van der Waals surface area contributed by atoms with E-state index in [2.05, 4.69) is 10.3 Å². The summed E-state index contributed by atoms with van der Waals surface area (Å²) in [5.74, 6) is 0.767. The van der Waals surface area contributed by atoms with Crippen LogP contribution in [0, 0.1) is 5.41 Å². The largest absolute Gasteiger partial charge is 0.494 e. The van der Waals surface area contributed by atoms with Crippen molar-refractivity contribution in [3.05, 3.63) is 59.1 Å². The Bertz CT molecular complexity index is 1920. The fraction of sp³-hybridized carbons (Fsp3) is 0.344. The first kappa shape index (κ1) is 30.6. The molecule has 3 N–H and O–H groups in total. The van der Waals surface area contributed by atoms with Crippen LogP contribution < -0.4 is 20.5 Å². The average Bonchev–Trinajstić information content (AvgIpc) is 3.73. The first-order valence-electron chi connectivity index (χ1n) is 14.5. The van der Waals surface area contributed by atoms with Gasteiger partial charge in [-0.25, -0.2) is 15.0 Å². The SMILES string of the molecule is COc1cnc(O[C@@H]2C[C@@H](C(N)=O)N(C(=O)[C@@H](Nc3nc(-c4nc5ccccc5n4C)cs3)C(C)(C)C)C2)c2cc(Cl)ccc12. The van der Waals surface area contributed by atoms with Crippen LogP contribution in [0.25, 0.3) is 33.3 Å². The number of likely N-dealkylation sites (tertiary alicyclic amines) is 1. The lowest BCUT2D eigenvalue weighted by Crippen LogP contribution is -2.53.